The standard InChI is InChI=1S/C25H43NO10/c1-7-11-19(28)33-16-15-18(34-20(29)12-8-2)24(35-21(30)13-9-3)23(26-17(5)27)25(32-6)36-22(31)14-10-4/h18,23-25H,7-16H2,1-6H3,(H,26,27)/t18-,23?,24+,25+/m1/s1. The lowest BCUT2D eigenvalue weighted by molar-refractivity contribution is -0.202. The molecule has 0 aliphatic heterocycles. The number of amides is 1. The Morgan fingerprint density at radius 1 is 0.694 bits per heavy atom. The quantitative estimate of drug-likeness (QED) is 0.154. The summed E-state index contributed by atoms with van der Waals surface area (Å²) >= 11 is 0. The number of ether oxygens (including phenoxy) is 5. The monoisotopic (exact) mass is 517 g/mol. The molecule has 0 aromatic heterocycles. The van der Waals surface area contributed by atoms with Crippen LogP contribution >= 0.6 is 0 Å². The SMILES string of the molecule is CCCC(=O)OCC[C@@H](OC(=O)CCC)[C@H](OC(=O)CCC)C(NC(C)=O)[C@@H](OC)OC(=O)CCC. The van der Waals surface area contributed by atoms with E-state index in [1.807, 2.05) is 6.92 Å². The molecule has 0 aromatic rings. The van der Waals surface area contributed by atoms with Gasteiger partial charge in [0.25, 0.3) is 0 Å². The minimum absolute atomic E-state index is 0.0234. The van der Waals surface area contributed by atoms with E-state index < -0.39 is 54.3 Å². The average molecular weight is 518 g/mol. The maximum atomic E-state index is 12.6. The smallest absolute Gasteiger partial charge is 0.308 e. The van der Waals surface area contributed by atoms with E-state index in [0.717, 1.165) is 0 Å². The predicted molar refractivity (Wildman–Crippen MR) is 129 cm³/mol. The van der Waals surface area contributed by atoms with Gasteiger partial charge in [-0.2, -0.15) is 0 Å². The lowest BCUT2D eigenvalue weighted by Gasteiger charge is -2.36. The Morgan fingerprint density at radius 3 is 1.64 bits per heavy atom. The summed E-state index contributed by atoms with van der Waals surface area (Å²) in [5.74, 6) is -2.67. The van der Waals surface area contributed by atoms with Crippen molar-refractivity contribution in [1.29, 1.82) is 0 Å². The van der Waals surface area contributed by atoms with Crippen LogP contribution in [-0.4, -0.2) is 68.0 Å². The fourth-order valence-corrected chi connectivity index (χ4v) is 3.28. The van der Waals surface area contributed by atoms with Crippen LogP contribution in [0.5, 0.6) is 0 Å². The zero-order valence-corrected chi connectivity index (χ0v) is 22.5. The molecule has 0 bridgehead atoms. The molecule has 0 saturated heterocycles. The van der Waals surface area contributed by atoms with Crippen LogP contribution in [0, 0.1) is 0 Å². The zero-order valence-electron chi connectivity index (χ0n) is 22.5. The minimum Gasteiger partial charge on any atom is -0.466 e. The number of esters is 4. The molecule has 0 aliphatic carbocycles. The zero-order chi connectivity index (χ0) is 27.5. The van der Waals surface area contributed by atoms with Gasteiger partial charge < -0.3 is 29.0 Å². The Hall–Kier alpha value is -2.69. The Balaban J connectivity index is 6.25. The van der Waals surface area contributed by atoms with Crippen LogP contribution in [0.2, 0.25) is 0 Å². The summed E-state index contributed by atoms with van der Waals surface area (Å²) in [4.78, 5) is 61.2. The first-order chi connectivity index (χ1) is 17.1. The molecule has 1 N–H and O–H groups in total. The third-order valence-corrected chi connectivity index (χ3v) is 4.90. The summed E-state index contributed by atoms with van der Waals surface area (Å²) < 4.78 is 27.3. The molecule has 1 amide bonds. The first-order valence-corrected chi connectivity index (χ1v) is 12.7. The van der Waals surface area contributed by atoms with Crippen LogP contribution < -0.4 is 5.32 Å². The molecule has 0 aliphatic rings. The number of nitrogens with one attached hydrogen (secondary N) is 1. The lowest BCUT2D eigenvalue weighted by Crippen LogP contribution is -2.58. The first-order valence-electron chi connectivity index (χ1n) is 12.7. The van der Waals surface area contributed by atoms with Crippen LogP contribution in [0.1, 0.15) is 92.4 Å². The summed E-state index contributed by atoms with van der Waals surface area (Å²) in [6, 6.07) is -1.21. The average Bonchev–Trinajstić information content (AvgIpc) is 2.80. The number of hydrogen-bond acceptors (Lipinski definition) is 10. The van der Waals surface area contributed by atoms with E-state index in [2.05, 4.69) is 5.32 Å². The highest BCUT2D eigenvalue weighted by Crippen LogP contribution is 2.21. The van der Waals surface area contributed by atoms with Gasteiger partial charge in [-0.15, -0.1) is 0 Å². The maximum absolute atomic E-state index is 12.6. The summed E-state index contributed by atoms with van der Waals surface area (Å²) in [6.07, 6.45) is -1.15. The van der Waals surface area contributed by atoms with Crippen molar-refractivity contribution < 1.29 is 47.7 Å². The Bertz CT molecular complexity index is 696. The first kappa shape index (κ1) is 33.3. The number of hydrogen-bond donors (Lipinski definition) is 1. The predicted octanol–water partition coefficient (Wildman–Crippen LogP) is 2.96. The van der Waals surface area contributed by atoms with Crippen molar-refractivity contribution in [1.82, 2.24) is 5.32 Å². The van der Waals surface area contributed by atoms with Crippen molar-refractivity contribution in [2.24, 2.45) is 0 Å². The maximum Gasteiger partial charge on any atom is 0.308 e. The second kappa shape index (κ2) is 19.5. The molecule has 11 heteroatoms. The third kappa shape index (κ3) is 14.0. The largest absolute Gasteiger partial charge is 0.466 e. The molecular formula is C25H43NO10. The summed E-state index contributed by atoms with van der Waals surface area (Å²) in [6.45, 7) is 8.34. The van der Waals surface area contributed by atoms with Crippen molar-refractivity contribution in [2.75, 3.05) is 13.7 Å². The number of carbonyl (C=O) groups excluding carboxylic acids is 5. The highest BCUT2D eigenvalue weighted by Gasteiger charge is 2.42. The van der Waals surface area contributed by atoms with Gasteiger partial charge >= 0.3 is 23.9 Å². The normalized spacial score (nSPS) is 14.1. The van der Waals surface area contributed by atoms with E-state index in [0.29, 0.717) is 25.7 Å². The van der Waals surface area contributed by atoms with Crippen molar-refractivity contribution in [2.45, 2.75) is 117 Å². The van der Waals surface area contributed by atoms with Gasteiger partial charge in [0.05, 0.1) is 6.61 Å². The van der Waals surface area contributed by atoms with E-state index in [-0.39, 0.29) is 38.7 Å². The van der Waals surface area contributed by atoms with Gasteiger partial charge in [-0.05, 0) is 25.7 Å². The Morgan fingerprint density at radius 2 is 1.17 bits per heavy atom. The molecule has 0 rings (SSSR count). The highest BCUT2D eigenvalue weighted by molar-refractivity contribution is 5.74. The van der Waals surface area contributed by atoms with Gasteiger partial charge in [-0.25, -0.2) is 0 Å². The molecule has 0 saturated carbocycles. The molecule has 0 fully saturated rings. The number of rotatable bonds is 19. The molecule has 208 valence electrons. The second-order valence-corrected chi connectivity index (χ2v) is 8.31. The van der Waals surface area contributed by atoms with Crippen molar-refractivity contribution >= 4 is 29.8 Å². The van der Waals surface area contributed by atoms with Crippen LogP contribution in [0.15, 0.2) is 0 Å². The van der Waals surface area contributed by atoms with E-state index in [1.165, 1.54) is 14.0 Å². The molecule has 0 spiro atoms. The summed E-state index contributed by atoms with van der Waals surface area (Å²) in [5, 5.41) is 2.61. The molecule has 36 heavy (non-hydrogen) atoms. The van der Waals surface area contributed by atoms with Crippen molar-refractivity contribution in [3.05, 3.63) is 0 Å². The van der Waals surface area contributed by atoms with Gasteiger partial charge in [-0.3, -0.25) is 24.0 Å². The van der Waals surface area contributed by atoms with E-state index in [4.69, 9.17) is 23.7 Å². The third-order valence-electron chi connectivity index (χ3n) is 4.90. The number of carbonyl (C=O) groups is 5. The molecule has 4 atom stereocenters. The Kier molecular flexibility index (Phi) is 18.0. The minimum atomic E-state index is -1.35. The van der Waals surface area contributed by atoms with Gasteiger partial charge in [0, 0.05) is 46.1 Å². The summed E-state index contributed by atoms with van der Waals surface area (Å²) in [5.41, 5.74) is 0. The van der Waals surface area contributed by atoms with Crippen molar-refractivity contribution in [3.63, 3.8) is 0 Å². The second-order valence-electron chi connectivity index (χ2n) is 8.31. The van der Waals surface area contributed by atoms with Crippen molar-refractivity contribution in [3.8, 4) is 0 Å². The topological polar surface area (TPSA) is 144 Å². The molecule has 0 radical (unpaired) electrons. The van der Waals surface area contributed by atoms with Gasteiger partial charge in [-0.1, -0.05) is 27.7 Å². The Labute approximate surface area is 213 Å². The molecule has 1 unspecified atom stereocenters. The van der Waals surface area contributed by atoms with Crippen LogP contribution in [0.4, 0.5) is 0 Å². The molecule has 0 aromatic carbocycles. The van der Waals surface area contributed by atoms with Crippen LogP contribution in [0.25, 0.3) is 0 Å². The fraction of sp³-hybridized carbons (Fsp3) is 0.800. The van der Waals surface area contributed by atoms with Gasteiger partial charge in [0.2, 0.25) is 12.2 Å². The fourth-order valence-electron chi connectivity index (χ4n) is 3.28. The van der Waals surface area contributed by atoms with Crippen LogP contribution in [0.3, 0.4) is 0 Å². The number of methoxy groups -OCH3 is 1. The van der Waals surface area contributed by atoms with E-state index >= 15 is 0 Å². The van der Waals surface area contributed by atoms with Crippen LogP contribution in [-0.2, 0) is 47.7 Å². The summed E-state index contributed by atoms with van der Waals surface area (Å²) in [7, 11) is 1.27. The highest BCUT2D eigenvalue weighted by atomic mass is 16.7. The molecular weight excluding hydrogens is 474 g/mol. The lowest BCUT2D eigenvalue weighted by atomic mass is 10.0. The van der Waals surface area contributed by atoms with Gasteiger partial charge in [0.1, 0.15) is 12.1 Å². The van der Waals surface area contributed by atoms with E-state index in [9.17, 15) is 24.0 Å². The van der Waals surface area contributed by atoms with E-state index in [1.54, 1.807) is 20.8 Å². The van der Waals surface area contributed by atoms with Gasteiger partial charge in [0.15, 0.2) is 6.10 Å². The molecule has 0 heterocycles. The molecule has 11 nitrogen and oxygen atoms in total.